The highest BCUT2D eigenvalue weighted by Crippen LogP contribution is 2.25. The molecular weight excluding hydrogens is 284 g/mol. The second-order valence-electron chi connectivity index (χ2n) is 4.37. The highest BCUT2D eigenvalue weighted by molar-refractivity contribution is 9.10. The first-order valence-electron chi connectivity index (χ1n) is 5.50. The van der Waals surface area contributed by atoms with Crippen molar-refractivity contribution in [3.05, 3.63) is 34.3 Å². The molecule has 96 valence electrons. The monoisotopic (exact) mass is 302 g/mol. The van der Waals surface area contributed by atoms with Gasteiger partial charge >= 0.3 is 0 Å². The van der Waals surface area contributed by atoms with Crippen LogP contribution in [-0.4, -0.2) is 31.2 Å². The molecule has 0 fully saturated rings. The maximum atomic E-state index is 10.3. The zero-order valence-electron chi connectivity index (χ0n) is 10.4. The smallest absolute Gasteiger partial charge is 0.159 e. The maximum Gasteiger partial charge on any atom is 0.159 e. The molecule has 0 heterocycles. The van der Waals surface area contributed by atoms with E-state index < -0.39 is 5.60 Å². The van der Waals surface area contributed by atoms with Crippen molar-refractivity contribution in [2.75, 3.05) is 14.2 Å². The molecular formula is C13H19BrO3. The van der Waals surface area contributed by atoms with Crippen molar-refractivity contribution in [3.8, 4) is 0 Å². The molecule has 0 bridgehead atoms. The second-order valence-corrected chi connectivity index (χ2v) is 5.22. The van der Waals surface area contributed by atoms with Gasteiger partial charge in [0.15, 0.2) is 6.29 Å². The van der Waals surface area contributed by atoms with Gasteiger partial charge in [0.25, 0.3) is 0 Å². The summed E-state index contributed by atoms with van der Waals surface area (Å²) in [6.45, 7) is 1.79. The number of methoxy groups -OCH3 is 2. The number of ether oxygens (including phenoxy) is 2. The lowest BCUT2D eigenvalue weighted by atomic mass is 9.93. The number of halogens is 1. The van der Waals surface area contributed by atoms with Gasteiger partial charge in [0.2, 0.25) is 0 Å². The molecule has 1 aromatic rings. The Morgan fingerprint density at radius 3 is 2.41 bits per heavy atom. The van der Waals surface area contributed by atoms with Gasteiger partial charge < -0.3 is 14.6 Å². The summed E-state index contributed by atoms with van der Waals surface area (Å²) in [6, 6.07) is 7.87. The summed E-state index contributed by atoms with van der Waals surface area (Å²) in [6.07, 6.45) is 0.603. The quantitative estimate of drug-likeness (QED) is 0.821. The van der Waals surface area contributed by atoms with Crippen LogP contribution in [-0.2, 0) is 15.9 Å². The van der Waals surface area contributed by atoms with Crippen LogP contribution in [0.1, 0.15) is 18.9 Å². The van der Waals surface area contributed by atoms with Gasteiger partial charge in [-0.2, -0.15) is 0 Å². The lowest BCUT2D eigenvalue weighted by molar-refractivity contribution is -0.139. The van der Waals surface area contributed by atoms with Gasteiger partial charge in [0.1, 0.15) is 0 Å². The van der Waals surface area contributed by atoms with Crippen molar-refractivity contribution in [2.24, 2.45) is 0 Å². The van der Waals surface area contributed by atoms with Crippen LogP contribution in [0, 0.1) is 0 Å². The zero-order valence-corrected chi connectivity index (χ0v) is 12.0. The van der Waals surface area contributed by atoms with Gasteiger partial charge in [-0.25, -0.2) is 0 Å². The topological polar surface area (TPSA) is 38.7 Å². The van der Waals surface area contributed by atoms with E-state index in [1.807, 2.05) is 24.3 Å². The van der Waals surface area contributed by atoms with Crippen LogP contribution in [0.3, 0.4) is 0 Å². The first-order valence-corrected chi connectivity index (χ1v) is 6.29. The van der Waals surface area contributed by atoms with Gasteiger partial charge in [0.05, 0.1) is 5.60 Å². The minimum Gasteiger partial charge on any atom is -0.390 e. The Balaban J connectivity index is 2.69. The lowest BCUT2D eigenvalue weighted by Crippen LogP contribution is -2.34. The molecule has 17 heavy (non-hydrogen) atoms. The molecule has 0 saturated heterocycles. The van der Waals surface area contributed by atoms with Crippen LogP contribution in [0.2, 0.25) is 0 Å². The van der Waals surface area contributed by atoms with E-state index in [0.717, 1.165) is 10.0 Å². The third-order valence-corrected chi connectivity index (χ3v) is 3.43. The highest BCUT2D eigenvalue weighted by Gasteiger charge is 2.26. The van der Waals surface area contributed by atoms with Gasteiger partial charge in [-0.05, 0) is 18.6 Å². The summed E-state index contributed by atoms with van der Waals surface area (Å²) in [5.41, 5.74) is 0.212. The Hall–Kier alpha value is -0.420. The minimum absolute atomic E-state index is 0.382. The molecule has 4 heteroatoms. The van der Waals surface area contributed by atoms with E-state index in [2.05, 4.69) is 15.9 Å². The van der Waals surface area contributed by atoms with Crippen LogP contribution >= 0.6 is 15.9 Å². The fraction of sp³-hybridized carbons (Fsp3) is 0.538. The van der Waals surface area contributed by atoms with Crippen LogP contribution in [0.4, 0.5) is 0 Å². The molecule has 1 unspecified atom stereocenters. The Kier molecular flexibility index (Phi) is 5.59. The number of rotatable bonds is 6. The zero-order chi connectivity index (χ0) is 12.9. The van der Waals surface area contributed by atoms with Crippen molar-refractivity contribution in [3.63, 3.8) is 0 Å². The van der Waals surface area contributed by atoms with E-state index in [4.69, 9.17) is 9.47 Å². The Morgan fingerprint density at radius 2 is 1.88 bits per heavy atom. The third-order valence-electron chi connectivity index (χ3n) is 2.66. The van der Waals surface area contributed by atoms with Gasteiger partial charge in [-0.1, -0.05) is 34.1 Å². The molecule has 3 nitrogen and oxygen atoms in total. The number of benzene rings is 1. The Bertz CT molecular complexity index is 348. The Labute approximate surface area is 111 Å². The number of hydrogen-bond acceptors (Lipinski definition) is 3. The summed E-state index contributed by atoms with van der Waals surface area (Å²) in [5, 5.41) is 10.3. The molecule has 1 rings (SSSR count). The van der Waals surface area contributed by atoms with Gasteiger partial charge in [-0.3, -0.25) is 0 Å². The first-order chi connectivity index (χ1) is 7.98. The van der Waals surface area contributed by atoms with E-state index >= 15 is 0 Å². The normalized spacial score (nSPS) is 14.9. The predicted molar refractivity (Wildman–Crippen MR) is 70.9 cm³/mol. The molecule has 0 saturated carbocycles. The minimum atomic E-state index is -0.861. The van der Waals surface area contributed by atoms with Crippen molar-refractivity contribution < 1.29 is 14.6 Å². The summed E-state index contributed by atoms with van der Waals surface area (Å²) < 4.78 is 11.2. The van der Waals surface area contributed by atoms with Crippen molar-refractivity contribution in [1.29, 1.82) is 0 Å². The summed E-state index contributed by atoms with van der Waals surface area (Å²) >= 11 is 3.48. The van der Waals surface area contributed by atoms with Crippen LogP contribution in [0.5, 0.6) is 0 Å². The molecule has 0 aliphatic carbocycles. The molecule has 0 amide bonds. The third kappa shape index (κ3) is 4.76. The van der Waals surface area contributed by atoms with E-state index in [1.54, 1.807) is 21.1 Å². The van der Waals surface area contributed by atoms with E-state index in [1.165, 1.54) is 0 Å². The molecule has 1 atom stereocenters. The second kappa shape index (κ2) is 6.50. The lowest BCUT2D eigenvalue weighted by Gasteiger charge is -2.27. The van der Waals surface area contributed by atoms with Gasteiger partial charge in [-0.15, -0.1) is 0 Å². The molecule has 1 aromatic carbocycles. The van der Waals surface area contributed by atoms with Gasteiger partial charge in [0, 0.05) is 31.5 Å². The average Bonchev–Trinajstić information content (AvgIpc) is 2.29. The van der Waals surface area contributed by atoms with E-state index in [9.17, 15) is 5.11 Å². The van der Waals surface area contributed by atoms with E-state index in [0.29, 0.717) is 12.8 Å². The fourth-order valence-corrected chi connectivity index (χ4v) is 2.17. The molecule has 0 spiro atoms. The van der Waals surface area contributed by atoms with Crippen molar-refractivity contribution in [2.45, 2.75) is 31.7 Å². The number of hydrogen-bond donors (Lipinski definition) is 1. The number of aliphatic hydroxyl groups is 1. The average molecular weight is 303 g/mol. The molecule has 0 aliphatic heterocycles. The molecule has 1 N–H and O–H groups in total. The first kappa shape index (κ1) is 14.6. The van der Waals surface area contributed by atoms with Crippen LogP contribution < -0.4 is 0 Å². The molecule has 0 radical (unpaired) electrons. The highest BCUT2D eigenvalue weighted by atomic mass is 79.9. The standard InChI is InChI=1S/C13H19BrO3/c1-13(15,9-12(16-2)17-3)8-10-6-4-5-7-11(10)14/h4-7,12,15H,8-9H2,1-3H3. The summed E-state index contributed by atoms with van der Waals surface area (Å²) in [4.78, 5) is 0. The van der Waals surface area contributed by atoms with Crippen molar-refractivity contribution in [1.82, 2.24) is 0 Å². The van der Waals surface area contributed by atoms with E-state index in [-0.39, 0.29) is 6.29 Å². The maximum absolute atomic E-state index is 10.3. The van der Waals surface area contributed by atoms with Crippen LogP contribution in [0.25, 0.3) is 0 Å². The van der Waals surface area contributed by atoms with Crippen LogP contribution in [0.15, 0.2) is 28.7 Å². The Morgan fingerprint density at radius 1 is 1.29 bits per heavy atom. The molecule has 0 aromatic heterocycles. The SMILES string of the molecule is COC(CC(C)(O)Cc1ccccc1Br)OC. The van der Waals surface area contributed by atoms with Crippen molar-refractivity contribution >= 4 is 15.9 Å². The predicted octanol–water partition coefficient (Wildman–Crippen LogP) is 2.75. The molecule has 0 aliphatic rings. The summed E-state index contributed by atoms with van der Waals surface area (Å²) in [5.74, 6) is 0. The summed E-state index contributed by atoms with van der Waals surface area (Å²) in [7, 11) is 3.14. The largest absolute Gasteiger partial charge is 0.390 e. The fourth-order valence-electron chi connectivity index (χ4n) is 1.75.